The van der Waals surface area contributed by atoms with Crippen LogP contribution in [0.5, 0.6) is 0 Å². The minimum absolute atomic E-state index is 0.753. The first-order chi connectivity index (χ1) is 9.77. The Balaban J connectivity index is 1.97. The molecule has 1 heterocycles. The van der Waals surface area contributed by atoms with E-state index in [1.807, 2.05) is 0 Å². The lowest BCUT2D eigenvalue weighted by Gasteiger charge is -2.38. The van der Waals surface area contributed by atoms with E-state index in [0.717, 1.165) is 38.9 Å². The summed E-state index contributed by atoms with van der Waals surface area (Å²) in [4.78, 5) is 5.17. The highest BCUT2D eigenvalue weighted by atomic mass is 16.5. The Hall–Kier alpha value is -0.160. The highest BCUT2D eigenvalue weighted by molar-refractivity contribution is 4.75. The molecule has 0 saturated carbocycles. The van der Waals surface area contributed by atoms with E-state index in [1.54, 1.807) is 0 Å². The summed E-state index contributed by atoms with van der Waals surface area (Å²) < 4.78 is 5.68. The summed E-state index contributed by atoms with van der Waals surface area (Å²) in [6, 6.07) is 0.753. The van der Waals surface area contributed by atoms with Crippen LogP contribution in [-0.2, 0) is 4.74 Å². The fourth-order valence-corrected chi connectivity index (χ4v) is 2.77. The lowest BCUT2D eigenvalue weighted by Crippen LogP contribution is -2.50. The van der Waals surface area contributed by atoms with Gasteiger partial charge in [-0.25, -0.2) is 0 Å². The number of ether oxygens (including phenoxy) is 1. The van der Waals surface area contributed by atoms with E-state index in [1.165, 1.54) is 45.4 Å². The lowest BCUT2D eigenvalue weighted by molar-refractivity contribution is 0.0630. The fourth-order valence-electron chi connectivity index (χ4n) is 2.77. The van der Waals surface area contributed by atoms with Crippen LogP contribution in [0.1, 0.15) is 40.0 Å². The normalized spacial score (nSPS) is 19.4. The molecule has 1 unspecified atom stereocenters. The largest absolute Gasteiger partial charge is 0.379 e. The van der Waals surface area contributed by atoms with Crippen molar-refractivity contribution in [3.63, 3.8) is 0 Å². The average molecular weight is 285 g/mol. The third-order valence-electron chi connectivity index (χ3n) is 4.14. The Morgan fingerprint density at radius 3 is 2.40 bits per heavy atom. The maximum absolute atomic E-state index is 5.68. The van der Waals surface area contributed by atoms with Gasteiger partial charge in [-0.15, -0.1) is 0 Å². The second-order valence-electron chi connectivity index (χ2n) is 5.88. The van der Waals surface area contributed by atoms with Crippen molar-refractivity contribution in [1.82, 2.24) is 15.1 Å². The van der Waals surface area contributed by atoms with Crippen LogP contribution in [0.25, 0.3) is 0 Å². The van der Waals surface area contributed by atoms with E-state index in [9.17, 15) is 0 Å². The second kappa shape index (κ2) is 11.5. The van der Waals surface area contributed by atoms with Gasteiger partial charge in [-0.3, -0.25) is 9.80 Å². The molecule has 1 aliphatic rings. The van der Waals surface area contributed by atoms with Gasteiger partial charge in [-0.2, -0.15) is 0 Å². The zero-order chi connectivity index (χ0) is 14.6. The van der Waals surface area contributed by atoms with Crippen LogP contribution in [0, 0.1) is 0 Å². The topological polar surface area (TPSA) is 27.7 Å². The summed E-state index contributed by atoms with van der Waals surface area (Å²) >= 11 is 0. The molecule has 0 bridgehead atoms. The summed E-state index contributed by atoms with van der Waals surface area (Å²) in [6.07, 6.45) is 3.82. The molecule has 0 aromatic rings. The van der Waals surface area contributed by atoms with Crippen molar-refractivity contribution in [2.24, 2.45) is 0 Å². The maximum atomic E-state index is 5.68. The first kappa shape index (κ1) is 17.9. The molecule has 1 saturated heterocycles. The van der Waals surface area contributed by atoms with Crippen LogP contribution in [0.15, 0.2) is 0 Å². The van der Waals surface area contributed by atoms with E-state index in [-0.39, 0.29) is 0 Å². The van der Waals surface area contributed by atoms with Gasteiger partial charge in [0.05, 0.1) is 13.2 Å². The molecule has 0 amide bonds. The van der Waals surface area contributed by atoms with Gasteiger partial charge in [0.25, 0.3) is 0 Å². The Morgan fingerprint density at radius 2 is 1.75 bits per heavy atom. The molecule has 20 heavy (non-hydrogen) atoms. The van der Waals surface area contributed by atoms with Gasteiger partial charge in [-0.05, 0) is 26.3 Å². The standard InChI is InChI=1S/C16H35N3O/c1-4-6-16(3)19-11-9-18(10-12-19)13-15-20-14-8-17-7-5-2/h16-17H,4-15H2,1-3H3. The van der Waals surface area contributed by atoms with Gasteiger partial charge < -0.3 is 10.1 Å². The van der Waals surface area contributed by atoms with Gasteiger partial charge in [0, 0.05) is 45.3 Å². The minimum Gasteiger partial charge on any atom is -0.379 e. The van der Waals surface area contributed by atoms with Crippen molar-refractivity contribution < 1.29 is 4.74 Å². The molecule has 120 valence electrons. The summed E-state index contributed by atoms with van der Waals surface area (Å²) in [6.45, 7) is 16.6. The monoisotopic (exact) mass is 285 g/mol. The molecule has 0 aromatic carbocycles. The van der Waals surface area contributed by atoms with Crippen LogP contribution in [0.3, 0.4) is 0 Å². The predicted molar refractivity (Wildman–Crippen MR) is 86.4 cm³/mol. The molecule has 4 nitrogen and oxygen atoms in total. The second-order valence-corrected chi connectivity index (χ2v) is 5.88. The van der Waals surface area contributed by atoms with Crippen LogP contribution in [-0.4, -0.2) is 74.9 Å². The summed E-state index contributed by atoms with van der Waals surface area (Å²) in [7, 11) is 0. The highest BCUT2D eigenvalue weighted by Crippen LogP contribution is 2.10. The number of hydrogen-bond acceptors (Lipinski definition) is 4. The Labute approximate surface area is 125 Å². The molecule has 1 aliphatic heterocycles. The maximum Gasteiger partial charge on any atom is 0.0594 e. The molecule has 1 fully saturated rings. The summed E-state index contributed by atoms with van der Waals surface area (Å²) in [5.74, 6) is 0. The predicted octanol–water partition coefficient (Wildman–Crippen LogP) is 1.81. The average Bonchev–Trinajstić information content (AvgIpc) is 2.47. The summed E-state index contributed by atoms with van der Waals surface area (Å²) in [5.41, 5.74) is 0. The third kappa shape index (κ3) is 7.58. The first-order valence-corrected chi connectivity index (χ1v) is 8.52. The highest BCUT2D eigenvalue weighted by Gasteiger charge is 2.19. The Kier molecular flexibility index (Phi) is 10.3. The minimum atomic E-state index is 0.753. The quantitative estimate of drug-likeness (QED) is 0.586. The molecule has 0 aliphatic carbocycles. The van der Waals surface area contributed by atoms with Gasteiger partial charge >= 0.3 is 0 Å². The molecule has 1 rings (SSSR count). The van der Waals surface area contributed by atoms with E-state index in [2.05, 4.69) is 35.9 Å². The van der Waals surface area contributed by atoms with Crippen molar-refractivity contribution >= 4 is 0 Å². The Morgan fingerprint density at radius 1 is 1.00 bits per heavy atom. The molecule has 0 spiro atoms. The number of rotatable bonds is 11. The van der Waals surface area contributed by atoms with Crippen molar-refractivity contribution in [3.05, 3.63) is 0 Å². The Bertz CT molecular complexity index is 218. The first-order valence-electron chi connectivity index (χ1n) is 8.52. The summed E-state index contributed by atoms with van der Waals surface area (Å²) in [5, 5.41) is 3.36. The van der Waals surface area contributed by atoms with Crippen LogP contribution < -0.4 is 5.32 Å². The molecule has 0 radical (unpaired) electrons. The zero-order valence-electron chi connectivity index (χ0n) is 13.9. The van der Waals surface area contributed by atoms with E-state index >= 15 is 0 Å². The molecule has 1 atom stereocenters. The fraction of sp³-hybridized carbons (Fsp3) is 1.00. The molecule has 4 heteroatoms. The SMILES string of the molecule is CCCNCCOCCN1CCN(C(C)CCC)CC1. The van der Waals surface area contributed by atoms with Crippen molar-refractivity contribution in [2.45, 2.75) is 46.1 Å². The van der Waals surface area contributed by atoms with Gasteiger partial charge in [0.15, 0.2) is 0 Å². The van der Waals surface area contributed by atoms with Crippen LogP contribution in [0.2, 0.25) is 0 Å². The molecule has 1 N–H and O–H groups in total. The van der Waals surface area contributed by atoms with E-state index in [0.29, 0.717) is 0 Å². The number of piperazine rings is 1. The molecular weight excluding hydrogens is 250 g/mol. The van der Waals surface area contributed by atoms with E-state index < -0.39 is 0 Å². The molecule has 0 aromatic heterocycles. The smallest absolute Gasteiger partial charge is 0.0594 e. The van der Waals surface area contributed by atoms with E-state index in [4.69, 9.17) is 4.74 Å². The lowest BCUT2D eigenvalue weighted by atomic mass is 10.1. The van der Waals surface area contributed by atoms with Gasteiger partial charge in [0.1, 0.15) is 0 Å². The van der Waals surface area contributed by atoms with Crippen LogP contribution >= 0.6 is 0 Å². The number of nitrogens with one attached hydrogen (secondary N) is 1. The van der Waals surface area contributed by atoms with Crippen molar-refractivity contribution in [1.29, 1.82) is 0 Å². The molecular formula is C16H35N3O. The van der Waals surface area contributed by atoms with Gasteiger partial charge in [0.2, 0.25) is 0 Å². The number of nitrogens with zero attached hydrogens (tertiary/aromatic N) is 2. The van der Waals surface area contributed by atoms with Crippen molar-refractivity contribution in [3.8, 4) is 0 Å². The van der Waals surface area contributed by atoms with Crippen LogP contribution in [0.4, 0.5) is 0 Å². The van der Waals surface area contributed by atoms with Gasteiger partial charge in [-0.1, -0.05) is 20.3 Å². The van der Waals surface area contributed by atoms with Crippen molar-refractivity contribution in [2.75, 3.05) is 59.0 Å². The third-order valence-corrected chi connectivity index (χ3v) is 4.14. The number of hydrogen-bond donors (Lipinski definition) is 1. The zero-order valence-corrected chi connectivity index (χ0v) is 13.9.